The quantitative estimate of drug-likeness (QED) is 0.137. The third-order valence-electron chi connectivity index (χ3n) is 12.4. The second kappa shape index (κ2) is 17.3. The molecule has 6 atom stereocenters. The summed E-state index contributed by atoms with van der Waals surface area (Å²) in [6.07, 6.45) is 18.3. The molecule has 2 aromatic carbocycles. The lowest BCUT2D eigenvalue weighted by molar-refractivity contribution is -0.141. The third kappa shape index (κ3) is 8.41. The van der Waals surface area contributed by atoms with E-state index in [1.807, 2.05) is 90.1 Å². The van der Waals surface area contributed by atoms with Gasteiger partial charge in [0.2, 0.25) is 11.6 Å². The zero-order valence-electron chi connectivity index (χ0n) is 35.3. The van der Waals surface area contributed by atoms with Gasteiger partial charge in [-0.2, -0.15) is 0 Å². The molecule has 0 spiro atoms. The topological polar surface area (TPSA) is 151 Å². The molecule has 4 N–H and O–H groups in total. The van der Waals surface area contributed by atoms with Crippen LogP contribution in [0.2, 0.25) is 0 Å². The lowest BCUT2D eigenvalue weighted by Gasteiger charge is -2.36. The molecule has 12 heteroatoms. The fourth-order valence-electron chi connectivity index (χ4n) is 9.19. The van der Waals surface area contributed by atoms with Crippen LogP contribution in [0.15, 0.2) is 94.1 Å². The molecule has 0 bridgehead atoms. The molecule has 0 unspecified atom stereocenters. The first-order valence-electron chi connectivity index (χ1n) is 21.3. The highest BCUT2D eigenvalue weighted by atomic mass is 32.2. The first-order valence-corrected chi connectivity index (χ1v) is 23.0. The highest BCUT2D eigenvalue weighted by Gasteiger charge is 2.43. The Hall–Kier alpha value is -5.20. The number of hydrogen-bond donors (Lipinski definition) is 4. The molecule has 4 aliphatic carbocycles. The number of hydrogen-bond acceptors (Lipinski definition) is 10. The number of Topliss-reactive ketones (excluding diaryl/α,β-unsaturated/α-hetero) is 4. The second-order valence-corrected chi connectivity index (χ2v) is 19.8. The van der Waals surface area contributed by atoms with E-state index in [1.54, 1.807) is 0 Å². The lowest BCUT2D eigenvalue weighted by atomic mass is 9.86. The van der Waals surface area contributed by atoms with Gasteiger partial charge in [0.05, 0.1) is 44.2 Å². The molecule has 316 valence electrons. The smallest absolute Gasteiger partial charge is 0.292 e. The van der Waals surface area contributed by atoms with E-state index in [2.05, 4.69) is 45.6 Å². The van der Waals surface area contributed by atoms with Crippen molar-refractivity contribution in [1.82, 2.24) is 10.6 Å². The number of benzene rings is 2. The molecule has 2 heterocycles. The average Bonchev–Trinajstić information content (AvgIpc) is 3.23. The highest BCUT2D eigenvalue weighted by Crippen LogP contribution is 2.43. The monoisotopic (exact) mass is 856 g/mol. The summed E-state index contributed by atoms with van der Waals surface area (Å²) in [6.45, 7) is 12.0. The molecule has 0 radical (unpaired) electrons. The number of rotatable bonds is 10. The molecule has 0 aromatic heterocycles. The first kappa shape index (κ1) is 42.5. The van der Waals surface area contributed by atoms with Gasteiger partial charge in [0.15, 0.2) is 11.6 Å². The van der Waals surface area contributed by atoms with E-state index in [9.17, 15) is 28.8 Å². The average molecular weight is 857 g/mol. The van der Waals surface area contributed by atoms with E-state index >= 15 is 0 Å². The minimum atomic E-state index is -1.02. The van der Waals surface area contributed by atoms with Gasteiger partial charge in [0.25, 0.3) is 11.8 Å². The Morgan fingerprint density at radius 2 is 1.02 bits per heavy atom. The Balaban J connectivity index is 0.952. The van der Waals surface area contributed by atoms with Gasteiger partial charge in [0, 0.05) is 22.8 Å². The molecule has 6 aliphatic rings. The van der Waals surface area contributed by atoms with Crippen LogP contribution in [0.25, 0.3) is 0 Å². The highest BCUT2D eigenvalue weighted by molar-refractivity contribution is 8.05. The lowest BCUT2D eigenvalue weighted by Crippen LogP contribution is -2.45. The van der Waals surface area contributed by atoms with Crippen LogP contribution in [0, 0.1) is 25.7 Å². The van der Waals surface area contributed by atoms with E-state index < -0.39 is 35.2 Å². The summed E-state index contributed by atoms with van der Waals surface area (Å²) in [4.78, 5) is 82.8. The normalized spacial score (nSPS) is 25.0. The zero-order chi connectivity index (χ0) is 43.3. The van der Waals surface area contributed by atoms with Gasteiger partial charge in [0.1, 0.15) is 0 Å². The molecule has 0 fully saturated rings. The van der Waals surface area contributed by atoms with Crippen molar-refractivity contribution in [3.63, 3.8) is 0 Å². The number of thioether (sulfide) groups is 2. The largest absolute Gasteiger partial charge is 0.380 e. The molecule has 0 saturated heterocycles. The first-order chi connectivity index (χ1) is 29.2. The number of amides is 2. The maximum atomic E-state index is 13.6. The van der Waals surface area contributed by atoms with Crippen molar-refractivity contribution >= 4 is 69.8 Å². The zero-order valence-corrected chi connectivity index (χ0v) is 37.0. The van der Waals surface area contributed by atoms with Gasteiger partial charge in [-0.15, -0.1) is 23.5 Å². The van der Waals surface area contributed by atoms with Crippen molar-refractivity contribution in [2.75, 3.05) is 10.6 Å². The van der Waals surface area contributed by atoms with Crippen LogP contribution in [0.1, 0.15) is 98.6 Å². The molecule has 10 nitrogen and oxygen atoms in total. The minimum Gasteiger partial charge on any atom is -0.380 e. The molecule has 61 heavy (non-hydrogen) atoms. The summed E-state index contributed by atoms with van der Waals surface area (Å²) in [7, 11) is 0. The van der Waals surface area contributed by atoms with Crippen molar-refractivity contribution in [3.8, 4) is 0 Å². The Bertz CT molecular complexity index is 2290. The van der Waals surface area contributed by atoms with Gasteiger partial charge in [-0.3, -0.25) is 28.8 Å². The number of anilines is 2. The van der Waals surface area contributed by atoms with E-state index in [4.69, 9.17) is 0 Å². The van der Waals surface area contributed by atoms with Crippen LogP contribution in [-0.2, 0) is 35.2 Å². The van der Waals surface area contributed by atoms with Crippen LogP contribution < -0.4 is 21.3 Å². The SMILES string of the molecule is Cc1cc(Cc2cc(C)c(NC(=O)C(=O)[C@@H]3CCC4=C(S[C@@H]5C=CC=C[C@@H]5N4)C3=O)c(C(C)C)c2)cc(C(C)C)c1NC(=O)C(=O)[C@H]1CCC2=C(S[C@@H]3C=CC=C[C@@H]3N2)C1=O. The molecule has 2 aromatic rings. The maximum absolute atomic E-state index is 13.6. The number of ketones is 4. The van der Waals surface area contributed by atoms with Crippen LogP contribution in [0.5, 0.6) is 0 Å². The Labute approximate surface area is 365 Å². The van der Waals surface area contributed by atoms with Crippen molar-refractivity contribution < 1.29 is 28.8 Å². The summed E-state index contributed by atoms with van der Waals surface area (Å²) in [5.41, 5.74) is 8.23. The van der Waals surface area contributed by atoms with Crippen LogP contribution in [0.3, 0.4) is 0 Å². The predicted molar refractivity (Wildman–Crippen MR) is 243 cm³/mol. The van der Waals surface area contributed by atoms with Crippen molar-refractivity contribution in [1.29, 1.82) is 0 Å². The number of fused-ring (bicyclic) bond motifs is 2. The van der Waals surface area contributed by atoms with E-state index in [-0.39, 0.29) is 58.8 Å². The molecule has 2 aliphatic heterocycles. The standard InChI is InChI=1S/C49H52N4O6S2/c1-24(2)32-22-28(19-26(5)40(32)52-48(58)44(56)30-15-17-36-46(42(30)54)60-38-13-9-7-11-34(38)50-36)21-29-20-27(6)41(33(23-29)25(3)4)53-49(59)45(57)31-16-18-37-47(43(31)55)61-39-14-10-8-12-35(39)51-37/h7-14,19-20,22-25,30-31,34-35,38-39,50-51H,15-18,21H2,1-6H3,(H,52,58)(H,53,59)/t30-,31+,34-,35-,38+,39+/m0/s1. The minimum absolute atomic E-state index is 0.0106. The maximum Gasteiger partial charge on any atom is 0.292 e. The summed E-state index contributed by atoms with van der Waals surface area (Å²) < 4.78 is 0. The van der Waals surface area contributed by atoms with E-state index in [1.165, 1.54) is 23.5 Å². The van der Waals surface area contributed by atoms with Crippen LogP contribution in [0.4, 0.5) is 11.4 Å². The molecule has 2 amide bonds. The number of carbonyl (C=O) groups excluding carboxylic acids is 6. The van der Waals surface area contributed by atoms with Gasteiger partial charge < -0.3 is 21.3 Å². The number of carbonyl (C=O) groups is 6. The predicted octanol–water partition coefficient (Wildman–Crippen LogP) is 7.94. The Kier molecular flexibility index (Phi) is 12.0. The number of aryl methyl sites for hydroxylation is 2. The summed E-state index contributed by atoms with van der Waals surface area (Å²) in [5, 5.41) is 12.8. The molecule has 8 rings (SSSR count). The van der Waals surface area contributed by atoms with Gasteiger partial charge >= 0.3 is 0 Å². The molecular formula is C49H52N4O6S2. The molecular weight excluding hydrogens is 805 g/mol. The van der Waals surface area contributed by atoms with Gasteiger partial charge in [-0.25, -0.2) is 0 Å². The molecule has 0 saturated carbocycles. The van der Waals surface area contributed by atoms with Crippen molar-refractivity contribution in [3.05, 3.63) is 127 Å². The van der Waals surface area contributed by atoms with Gasteiger partial charge in [-0.1, -0.05) is 101 Å². The Morgan fingerprint density at radius 3 is 1.41 bits per heavy atom. The number of nitrogens with one attached hydrogen (secondary N) is 4. The van der Waals surface area contributed by atoms with E-state index in [0.717, 1.165) is 44.8 Å². The van der Waals surface area contributed by atoms with Crippen molar-refractivity contribution in [2.24, 2.45) is 11.8 Å². The summed E-state index contributed by atoms with van der Waals surface area (Å²) in [5.74, 6) is -5.59. The Morgan fingerprint density at radius 1 is 0.623 bits per heavy atom. The van der Waals surface area contributed by atoms with Gasteiger partial charge in [-0.05, 0) is 91.2 Å². The fourth-order valence-corrected chi connectivity index (χ4v) is 11.8. The van der Waals surface area contributed by atoms with Crippen LogP contribution in [-0.4, -0.2) is 57.5 Å². The number of allylic oxidation sites excluding steroid dienone is 8. The summed E-state index contributed by atoms with van der Waals surface area (Å²) in [6, 6.07) is 8.32. The fraction of sp³-hybridized carbons (Fsp3) is 0.388. The van der Waals surface area contributed by atoms with Crippen molar-refractivity contribution in [2.45, 2.75) is 108 Å². The second-order valence-electron chi connectivity index (χ2n) is 17.4. The van der Waals surface area contributed by atoms with E-state index in [0.29, 0.717) is 40.4 Å². The summed E-state index contributed by atoms with van der Waals surface area (Å²) >= 11 is 2.94. The third-order valence-corrected chi connectivity index (χ3v) is 15.2. The van der Waals surface area contributed by atoms with Crippen LogP contribution >= 0.6 is 23.5 Å².